The molecule has 1 rings (SSSR count). The maximum Gasteiger partial charge on any atom is 0.307 e. The van der Waals surface area contributed by atoms with Crippen molar-refractivity contribution in [2.24, 2.45) is 17.8 Å². The molecule has 0 aromatic carbocycles. The first-order valence-electron chi connectivity index (χ1n) is 7.43. The number of hydrogen-bond donors (Lipinski definition) is 2. The van der Waals surface area contributed by atoms with Gasteiger partial charge in [-0.3, -0.25) is 9.59 Å². The van der Waals surface area contributed by atoms with Gasteiger partial charge in [0.2, 0.25) is 0 Å². The van der Waals surface area contributed by atoms with Crippen LogP contribution in [-0.4, -0.2) is 22.2 Å². The van der Waals surface area contributed by atoms with Crippen molar-refractivity contribution in [2.75, 3.05) is 0 Å². The Balaban J connectivity index is 2.14. The van der Waals surface area contributed by atoms with Crippen LogP contribution < -0.4 is 0 Å². The maximum atomic E-state index is 10.9. The lowest BCUT2D eigenvalue weighted by Gasteiger charge is -2.26. The topological polar surface area (TPSA) is 74.6 Å². The van der Waals surface area contributed by atoms with Crippen LogP contribution >= 0.6 is 0 Å². The number of carboxylic acids is 2. The average Bonchev–Trinajstić information content (AvgIpc) is 2.34. The van der Waals surface area contributed by atoms with Gasteiger partial charge in [-0.2, -0.15) is 0 Å². The molecule has 4 nitrogen and oxygen atoms in total. The zero-order valence-electron chi connectivity index (χ0n) is 11.8. The van der Waals surface area contributed by atoms with Gasteiger partial charge in [-0.05, 0) is 18.3 Å². The summed E-state index contributed by atoms with van der Waals surface area (Å²) < 4.78 is 0. The van der Waals surface area contributed by atoms with Crippen LogP contribution in [-0.2, 0) is 9.59 Å². The van der Waals surface area contributed by atoms with Crippen molar-refractivity contribution in [1.29, 1.82) is 0 Å². The maximum absolute atomic E-state index is 10.9. The summed E-state index contributed by atoms with van der Waals surface area (Å²) in [4.78, 5) is 21.5. The Morgan fingerprint density at radius 2 is 1.74 bits per heavy atom. The summed E-state index contributed by atoms with van der Waals surface area (Å²) in [7, 11) is 0. The van der Waals surface area contributed by atoms with E-state index in [4.69, 9.17) is 10.2 Å². The Hall–Kier alpha value is -1.06. The zero-order chi connectivity index (χ0) is 14.3. The zero-order valence-corrected chi connectivity index (χ0v) is 11.8. The van der Waals surface area contributed by atoms with Gasteiger partial charge in [0.25, 0.3) is 0 Å². The van der Waals surface area contributed by atoms with E-state index in [1.54, 1.807) is 0 Å². The molecule has 0 aromatic heterocycles. The van der Waals surface area contributed by atoms with Crippen LogP contribution in [0.3, 0.4) is 0 Å². The van der Waals surface area contributed by atoms with E-state index in [0.717, 1.165) is 24.7 Å². The average molecular weight is 270 g/mol. The molecule has 0 amide bonds. The molecule has 110 valence electrons. The lowest BCUT2D eigenvalue weighted by molar-refractivity contribution is -0.148. The number of carbonyl (C=O) groups is 2. The second kappa shape index (κ2) is 8.18. The predicted octanol–water partition coefficient (Wildman–Crippen LogP) is 3.55. The fraction of sp³-hybridized carbons (Fsp3) is 0.867. The largest absolute Gasteiger partial charge is 0.481 e. The highest BCUT2D eigenvalue weighted by molar-refractivity contribution is 5.77. The molecule has 0 bridgehead atoms. The lowest BCUT2D eigenvalue weighted by Crippen LogP contribution is -2.18. The number of hydrogen-bond acceptors (Lipinski definition) is 2. The van der Waals surface area contributed by atoms with E-state index in [1.165, 1.54) is 32.1 Å². The molecule has 1 saturated carbocycles. The molecule has 0 spiro atoms. The predicted molar refractivity (Wildman–Crippen MR) is 73.0 cm³/mol. The first kappa shape index (κ1) is 16.0. The molecule has 0 saturated heterocycles. The summed E-state index contributed by atoms with van der Waals surface area (Å²) >= 11 is 0. The van der Waals surface area contributed by atoms with Gasteiger partial charge in [0.1, 0.15) is 0 Å². The van der Waals surface area contributed by atoms with Crippen molar-refractivity contribution in [3.63, 3.8) is 0 Å². The highest BCUT2D eigenvalue weighted by Gasteiger charge is 2.21. The van der Waals surface area contributed by atoms with Crippen LogP contribution in [0.4, 0.5) is 0 Å². The fourth-order valence-electron chi connectivity index (χ4n) is 2.97. The second-order valence-electron chi connectivity index (χ2n) is 6.04. The smallest absolute Gasteiger partial charge is 0.307 e. The van der Waals surface area contributed by atoms with Gasteiger partial charge in [-0.15, -0.1) is 0 Å². The van der Waals surface area contributed by atoms with Gasteiger partial charge in [0.05, 0.1) is 12.3 Å². The van der Waals surface area contributed by atoms with Gasteiger partial charge in [0, 0.05) is 0 Å². The quantitative estimate of drug-likeness (QED) is 0.661. The summed E-state index contributed by atoms with van der Waals surface area (Å²) in [6, 6.07) is 0. The first-order chi connectivity index (χ1) is 8.99. The van der Waals surface area contributed by atoms with Crippen LogP contribution in [0.1, 0.15) is 64.7 Å². The Morgan fingerprint density at radius 3 is 2.26 bits per heavy atom. The fourth-order valence-corrected chi connectivity index (χ4v) is 2.97. The molecule has 2 N–H and O–H groups in total. The van der Waals surface area contributed by atoms with Gasteiger partial charge in [-0.25, -0.2) is 0 Å². The Morgan fingerprint density at radius 1 is 1.11 bits per heavy atom. The molecule has 1 aliphatic carbocycles. The van der Waals surface area contributed by atoms with E-state index >= 15 is 0 Å². The van der Waals surface area contributed by atoms with E-state index in [9.17, 15) is 9.59 Å². The number of unbranched alkanes of at least 4 members (excludes halogenated alkanes) is 1. The molecule has 1 atom stereocenters. The minimum Gasteiger partial charge on any atom is -0.481 e. The van der Waals surface area contributed by atoms with Crippen LogP contribution in [0.5, 0.6) is 0 Å². The summed E-state index contributed by atoms with van der Waals surface area (Å²) in [6.07, 6.45) is 8.52. The van der Waals surface area contributed by atoms with Crippen molar-refractivity contribution in [1.82, 2.24) is 0 Å². The second-order valence-corrected chi connectivity index (χ2v) is 6.04. The van der Waals surface area contributed by atoms with E-state index < -0.39 is 17.9 Å². The van der Waals surface area contributed by atoms with Gasteiger partial charge < -0.3 is 10.2 Å². The van der Waals surface area contributed by atoms with E-state index in [-0.39, 0.29) is 6.42 Å². The molecule has 0 aliphatic heterocycles. The lowest BCUT2D eigenvalue weighted by atomic mass is 9.80. The monoisotopic (exact) mass is 270 g/mol. The Bertz CT molecular complexity index is 293. The van der Waals surface area contributed by atoms with Crippen molar-refractivity contribution in [3.8, 4) is 0 Å². The van der Waals surface area contributed by atoms with Crippen molar-refractivity contribution >= 4 is 11.9 Å². The van der Waals surface area contributed by atoms with Gasteiger partial charge in [-0.1, -0.05) is 51.9 Å². The molecular formula is C15H26O4. The minimum absolute atomic E-state index is 0.254. The van der Waals surface area contributed by atoms with Gasteiger partial charge >= 0.3 is 11.9 Å². The minimum atomic E-state index is -1.02. The summed E-state index contributed by atoms with van der Waals surface area (Å²) in [5.41, 5.74) is 0. The third kappa shape index (κ3) is 6.60. The molecule has 1 unspecified atom stereocenters. The Labute approximate surface area is 115 Å². The molecule has 4 heteroatoms. The molecule has 1 aliphatic rings. The van der Waals surface area contributed by atoms with Crippen molar-refractivity contribution in [3.05, 3.63) is 0 Å². The van der Waals surface area contributed by atoms with Crippen LogP contribution in [0, 0.1) is 17.8 Å². The van der Waals surface area contributed by atoms with Crippen LogP contribution in [0.2, 0.25) is 0 Å². The third-order valence-corrected chi connectivity index (χ3v) is 4.32. The van der Waals surface area contributed by atoms with E-state index in [1.807, 2.05) is 0 Å². The number of aliphatic carboxylic acids is 2. The molecule has 19 heavy (non-hydrogen) atoms. The van der Waals surface area contributed by atoms with Crippen LogP contribution in [0.25, 0.3) is 0 Å². The molecule has 1 fully saturated rings. The molecule has 0 heterocycles. The summed E-state index contributed by atoms with van der Waals surface area (Å²) in [5.74, 6) is -1.05. The van der Waals surface area contributed by atoms with E-state index in [0.29, 0.717) is 6.42 Å². The van der Waals surface area contributed by atoms with Gasteiger partial charge in [0.15, 0.2) is 0 Å². The number of rotatable bonds is 8. The normalized spacial score (nSPS) is 24.9. The molecular weight excluding hydrogens is 244 g/mol. The van der Waals surface area contributed by atoms with Crippen molar-refractivity contribution in [2.45, 2.75) is 64.7 Å². The summed E-state index contributed by atoms with van der Waals surface area (Å²) in [5, 5.41) is 17.6. The highest BCUT2D eigenvalue weighted by atomic mass is 16.4. The SMILES string of the molecule is CC1CCC(CCCCC(CC(=O)O)C(=O)O)CC1. The Kier molecular flexibility index (Phi) is 6.89. The molecule has 0 aromatic rings. The molecule has 0 radical (unpaired) electrons. The van der Waals surface area contributed by atoms with Crippen molar-refractivity contribution < 1.29 is 19.8 Å². The summed E-state index contributed by atoms with van der Waals surface area (Å²) in [6.45, 7) is 2.31. The highest BCUT2D eigenvalue weighted by Crippen LogP contribution is 2.31. The number of carboxylic acid groups (broad SMARTS) is 2. The third-order valence-electron chi connectivity index (χ3n) is 4.32. The van der Waals surface area contributed by atoms with Crippen LogP contribution in [0.15, 0.2) is 0 Å². The first-order valence-corrected chi connectivity index (χ1v) is 7.43. The van der Waals surface area contributed by atoms with E-state index in [2.05, 4.69) is 6.92 Å². The standard InChI is InChI=1S/C15H26O4/c1-11-6-8-12(9-7-11)4-2-3-5-13(15(18)19)10-14(16)17/h11-13H,2-10H2,1H3,(H,16,17)(H,18,19).